The number of hydrogen-bond donors (Lipinski definition) is 2. The molecule has 2 aromatic carbocycles. The molecule has 0 atom stereocenters. The van der Waals surface area contributed by atoms with E-state index in [1.165, 1.54) is 22.4 Å². The molecule has 2 N–H and O–H groups in total. The van der Waals surface area contributed by atoms with Crippen molar-refractivity contribution in [3.63, 3.8) is 0 Å². The number of fused-ring (bicyclic) bond motifs is 1. The molecule has 0 fully saturated rings. The van der Waals surface area contributed by atoms with E-state index in [2.05, 4.69) is 52.7 Å². The zero-order valence-corrected chi connectivity index (χ0v) is 12.3. The lowest BCUT2D eigenvalue weighted by molar-refractivity contribution is 0.184. The Labute approximate surface area is 126 Å². The van der Waals surface area contributed by atoms with Crippen LogP contribution >= 0.6 is 0 Å². The third-order valence-corrected chi connectivity index (χ3v) is 3.99. The van der Waals surface area contributed by atoms with Gasteiger partial charge in [0.1, 0.15) is 0 Å². The van der Waals surface area contributed by atoms with Gasteiger partial charge in [-0.1, -0.05) is 48.5 Å². The van der Waals surface area contributed by atoms with Gasteiger partial charge in [-0.15, -0.1) is 0 Å². The number of aliphatic hydroxyl groups is 1. The Morgan fingerprint density at radius 1 is 1.00 bits per heavy atom. The first-order valence-electron chi connectivity index (χ1n) is 7.58. The van der Waals surface area contributed by atoms with E-state index in [1.54, 1.807) is 0 Å². The third-order valence-electron chi connectivity index (χ3n) is 3.99. The molecule has 110 valence electrons. The number of rotatable bonds is 6. The number of benzene rings is 2. The Hall–Kier alpha value is -1.84. The van der Waals surface area contributed by atoms with E-state index in [0.29, 0.717) is 6.54 Å². The van der Waals surface area contributed by atoms with Gasteiger partial charge in [-0.2, -0.15) is 0 Å². The number of aliphatic hydroxyl groups excluding tert-OH is 1. The lowest BCUT2D eigenvalue weighted by Gasteiger charge is -2.23. The molecule has 3 nitrogen and oxygen atoms in total. The van der Waals surface area contributed by atoms with E-state index in [9.17, 15) is 5.11 Å². The minimum absolute atomic E-state index is 0.190. The van der Waals surface area contributed by atoms with Crippen LogP contribution in [0, 0.1) is 0 Å². The Kier molecular flexibility index (Phi) is 4.53. The first-order valence-corrected chi connectivity index (χ1v) is 7.58. The van der Waals surface area contributed by atoms with Gasteiger partial charge in [0.15, 0.2) is 0 Å². The zero-order chi connectivity index (χ0) is 14.5. The van der Waals surface area contributed by atoms with Crippen LogP contribution in [0.4, 0.5) is 5.69 Å². The summed E-state index contributed by atoms with van der Waals surface area (Å²) >= 11 is 0. The van der Waals surface area contributed by atoms with Crippen molar-refractivity contribution in [3.8, 4) is 0 Å². The molecule has 0 saturated heterocycles. The molecule has 1 heterocycles. The molecule has 2 aromatic rings. The highest BCUT2D eigenvalue weighted by Crippen LogP contribution is 2.27. The molecule has 0 aromatic heterocycles. The van der Waals surface area contributed by atoms with Crippen molar-refractivity contribution in [2.75, 3.05) is 25.0 Å². The van der Waals surface area contributed by atoms with Crippen LogP contribution in [0.5, 0.6) is 0 Å². The molecule has 0 bridgehead atoms. The van der Waals surface area contributed by atoms with Crippen molar-refractivity contribution in [2.24, 2.45) is 0 Å². The van der Waals surface area contributed by atoms with Crippen molar-refractivity contribution in [3.05, 3.63) is 65.2 Å². The molecule has 3 rings (SSSR count). The second-order valence-corrected chi connectivity index (χ2v) is 5.55. The highest BCUT2D eigenvalue weighted by atomic mass is 16.3. The summed E-state index contributed by atoms with van der Waals surface area (Å²) in [5.41, 5.74) is 5.32. The lowest BCUT2D eigenvalue weighted by atomic mass is 10.1. The maximum Gasteiger partial charge on any atom is 0.0558 e. The molecule has 0 saturated carbocycles. The quantitative estimate of drug-likeness (QED) is 0.855. The van der Waals surface area contributed by atoms with Gasteiger partial charge in [-0.05, 0) is 23.1 Å². The molecule has 3 heteroatoms. The topological polar surface area (TPSA) is 35.5 Å². The van der Waals surface area contributed by atoms with Gasteiger partial charge in [-0.25, -0.2) is 0 Å². The van der Waals surface area contributed by atoms with Crippen molar-refractivity contribution >= 4 is 5.69 Å². The maximum atomic E-state index is 9.33. The zero-order valence-electron chi connectivity index (χ0n) is 12.3. The Balaban J connectivity index is 1.75. The van der Waals surface area contributed by atoms with E-state index in [4.69, 9.17) is 0 Å². The second kappa shape index (κ2) is 6.74. The molecule has 1 aliphatic heterocycles. The van der Waals surface area contributed by atoms with Crippen LogP contribution in [-0.4, -0.2) is 29.7 Å². The monoisotopic (exact) mass is 282 g/mol. The number of nitrogens with one attached hydrogen (secondary N) is 1. The number of hydrogen-bond acceptors (Lipinski definition) is 3. The summed E-state index contributed by atoms with van der Waals surface area (Å²) in [7, 11) is 0. The predicted octanol–water partition coefficient (Wildman–Crippen LogP) is 2.65. The largest absolute Gasteiger partial charge is 0.395 e. The smallest absolute Gasteiger partial charge is 0.0558 e. The van der Waals surface area contributed by atoms with Crippen molar-refractivity contribution in [1.82, 2.24) is 4.90 Å². The molecular weight excluding hydrogens is 260 g/mol. The highest BCUT2D eigenvalue weighted by Gasteiger charge is 2.15. The second-order valence-electron chi connectivity index (χ2n) is 5.55. The Bertz CT molecular complexity index is 583. The van der Waals surface area contributed by atoms with Crippen LogP contribution in [0.2, 0.25) is 0 Å². The summed E-state index contributed by atoms with van der Waals surface area (Å²) in [6.07, 6.45) is 1.11. The fraction of sp³-hybridized carbons (Fsp3) is 0.333. The molecule has 1 aliphatic rings. The molecule has 0 amide bonds. The minimum Gasteiger partial charge on any atom is -0.395 e. The van der Waals surface area contributed by atoms with Crippen molar-refractivity contribution < 1.29 is 5.11 Å². The van der Waals surface area contributed by atoms with Gasteiger partial charge in [0.25, 0.3) is 0 Å². The number of nitrogens with zero attached hydrogens (tertiary/aromatic N) is 1. The number of anilines is 1. The van der Waals surface area contributed by atoms with Crippen LogP contribution in [-0.2, 0) is 19.5 Å². The maximum absolute atomic E-state index is 9.33. The summed E-state index contributed by atoms with van der Waals surface area (Å²) < 4.78 is 0. The van der Waals surface area contributed by atoms with Gasteiger partial charge in [0, 0.05) is 31.9 Å². The van der Waals surface area contributed by atoms with Crippen molar-refractivity contribution in [1.29, 1.82) is 0 Å². The number of para-hydroxylation sites is 1. The fourth-order valence-electron chi connectivity index (χ4n) is 2.98. The highest BCUT2D eigenvalue weighted by molar-refractivity contribution is 5.61. The minimum atomic E-state index is 0.190. The van der Waals surface area contributed by atoms with Crippen molar-refractivity contribution in [2.45, 2.75) is 19.5 Å². The van der Waals surface area contributed by atoms with Gasteiger partial charge in [0.05, 0.1) is 6.61 Å². The van der Waals surface area contributed by atoms with Crippen LogP contribution in [0.3, 0.4) is 0 Å². The summed E-state index contributed by atoms with van der Waals surface area (Å²) in [4.78, 5) is 2.30. The van der Waals surface area contributed by atoms with Gasteiger partial charge in [0.2, 0.25) is 0 Å². The predicted molar refractivity (Wildman–Crippen MR) is 86.3 cm³/mol. The van der Waals surface area contributed by atoms with Crippen LogP contribution < -0.4 is 5.32 Å². The van der Waals surface area contributed by atoms with E-state index < -0.39 is 0 Å². The van der Waals surface area contributed by atoms with Gasteiger partial charge >= 0.3 is 0 Å². The molecule has 0 radical (unpaired) electrons. The average molecular weight is 282 g/mol. The van der Waals surface area contributed by atoms with E-state index in [1.807, 2.05) is 6.07 Å². The standard InChI is InChI=1S/C18H22N2O/c21-12-11-20(13-15-5-2-1-3-6-15)14-17-8-4-7-16-9-10-19-18(16)17/h1-8,19,21H,9-14H2. The Morgan fingerprint density at radius 2 is 1.86 bits per heavy atom. The summed E-state index contributed by atoms with van der Waals surface area (Å²) in [5, 5.41) is 12.8. The normalized spacial score (nSPS) is 13.2. The molecule has 0 spiro atoms. The van der Waals surface area contributed by atoms with Crippen LogP contribution in [0.15, 0.2) is 48.5 Å². The third kappa shape index (κ3) is 3.43. The molecule has 0 unspecified atom stereocenters. The van der Waals surface area contributed by atoms with Crippen LogP contribution in [0.25, 0.3) is 0 Å². The summed E-state index contributed by atoms with van der Waals surface area (Å²) in [5.74, 6) is 0. The Morgan fingerprint density at radius 3 is 2.67 bits per heavy atom. The fourth-order valence-corrected chi connectivity index (χ4v) is 2.98. The van der Waals surface area contributed by atoms with E-state index in [-0.39, 0.29) is 6.61 Å². The lowest BCUT2D eigenvalue weighted by Crippen LogP contribution is -2.26. The van der Waals surface area contributed by atoms with E-state index >= 15 is 0 Å². The first kappa shape index (κ1) is 14.1. The SMILES string of the molecule is OCCN(Cc1ccccc1)Cc1cccc2c1NCC2. The molecular formula is C18H22N2O. The van der Waals surface area contributed by atoms with Gasteiger partial charge < -0.3 is 10.4 Å². The van der Waals surface area contributed by atoms with Gasteiger partial charge in [-0.3, -0.25) is 4.90 Å². The summed E-state index contributed by atoms with van der Waals surface area (Å²) in [6, 6.07) is 17.0. The van der Waals surface area contributed by atoms with Crippen LogP contribution in [0.1, 0.15) is 16.7 Å². The summed E-state index contributed by atoms with van der Waals surface area (Å²) in [6.45, 7) is 3.65. The average Bonchev–Trinajstić information content (AvgIpc) is 2.98. The van der Waals surface area contributed by atoms with E-state index in [0.717, 1.165) is 26.1 Å². The first-order chi connectivity index (χ1) is 10.4. The molecule has 21 heavy (non-hydrogen) atoms. The molecule has 0 aliphatic carbocycles.